The number of ether oxygens (including phenoxy) is 1. The number of benzene rings is 2. The van der Waals surface area contributed by atoms with E-state index in [0.29, 0.717) is 5.75 Å². The third-order valence-electron chi connectivity index (χ3n) is 3.18. The molecule has 0 fully saturated rings. The maximum atomic E-state index is 8.48. The Morgan fingerprint density at radius 3 is 2.57 bits per heavy atom. The number of anilines is 1. The number of hydrogen-bond acceptors (Lipinski definition) is 3. The molecule has 0 aliphatic carbocycles. The van der Waals surface area contributed by atoms with Crippen molar-refractivity contribution in [3.8, 4) is 11.8 Å². The molecule has 2 aromatic carbocycles. The lowest BCUT2D eigenvalue weighted by Gasteiger charge is -2.17. The van der Waals surface area contributed by atoms with Crippen LogP contribution in [0.25, 0.3) is 0 Å². The van der Waals surface area contributed by atoms with E-state index in [1.807, 2.05) is 55.5 Å². The van der Waals surface area contributed by atoms with Crippen LogP contribution in [0.5, 0.6) is 5.75 Å². The molecule has 0 saturated carbocycles. The van der Waals surface area contributed by atoms with Crippen molar-refractivity contribution in [3.05, 3.63) is 58.6 Å². The quantitative estimate of drug-likeness (QED) is 0.868. The predicted octanol–water partition coefficient (Wildman–Crippen LogP) is 4.72. The predicted molar refractivity (Wildman–Crippen MR) is 85.8 cm³/mol. The first-order valence-electron chi connectivity index (χ1n) is 6.72. The number of halogens is 1. The van der Waals surface area contributed by atoms with Gasteiger partial charge in [0.25, 0.3) is 0 Å². The number of hydrogen-bond donors (Lipinski definition) is 1. The summed E-state index contributed by atoms with van der Waals surface area (Å²) < 4.78 is 5.24. The summed E-state index contributed by atoms with van der Waals surface area (Å²) in [5, 5.41) is 12.6. The van der Waals surface area contributed by atoms with Crippen molar-refractivity contribution in [2.24, 2.45) is 0 Å². The Kier molecular flexibility index (Phi) is 5.08. The maximum absolute atomic E-state index is 8.48. The first-order chi connectivity index (χ1) is 10.1. The van der Waals surface area contributed by atoms with E-state index in [1.165, 1.54) is 0 Å². The van der Waals surface area contributed by atoms with Crippen molar-refractivity contribution in [1.82, 2.24) is 0 Å². The summed E-state index contributed by atoms with van der Waals surface area (Å²) >= 11 is 6.23. The average molecular weight is 301 g/mol. The molecule has 4 heteroatoms. The number of nitriles is 1. The Morgan fingerprint density at radius 1 is 1.24 bits per heavy atom. The number of aryl methyl sites for hydroxylation is 1. The fourth-order valence-corrected chi connectivity index (χ4v) is 2.31. The van der Waals surface area contributed by atoms with E-state index >= 15 is 0 Å². The lowest BCUT2D eigenvalue weighted by atomic mass is 10.1. The first-order valence-corrected chi connectivity index (χ1v) is 7.10. The molecule has 2 rings (SSSR count). The van der Waals surface area contributed by atoms with Crippen molar-refractivity contribution < 1.29 is 4.74 Å². The fraction of sp³-hybridized carbons (Fsp3) is 0.235. The Morgan fingerprint density at radius 2 is 1.95 bits per heavy atom. The first kappa shape index (κ1) is 15.2. The lowest BCUT2D eigenvalue weighted by molar-refractivity contribution is 0.368. The zero-order valence-electron chi connectivity index (χ0n) is 12.1. The van der Waals surface area contributed by atoms with E-state index < -0.39 is 0 Å². The summed E-state index contributed by atoms with van der Waals surface area (Å²) in [6.07, 6.45) is 0. The van der Waals surface area contributed by atoms with Crippen LogP contribution in [0.3, 0.4) is 0 Å². The van der Waals surface area contributed by atoms with Crippen LogP contribution in [-0.4, -0.2) is 6.61 Å². The molecule has 0 spiro atoms. The third-order valence-corrected chi connectivity index (χ3v) is 3.49. The van der Waals surface area contributed by atoms with Crippen LogP contribution in [0.1, 0.15) is 24.1 Å². The molecule has 21 heavy (non-hydrogen) atoms. The second-order valence-corrected chi connectivity index (χ2v) is 5.27. The average Bonchev–Trinajstić information content (AvgIpc) is 2.48. The van der Waals surface area contributed by atoms with Gasteiger partial charge in [0, 0.05) is 6.04 Å². The van der Waals surface area contributed by atoms with Crippen LogP contribution in [0.15, 0.2) is 42.5 Å². The van der Waals surface area contributed by atoms with E-state index in [1.54, 1.807) is 0 Å². The van der Waals surface area contributed by atoms with Gasteiger partial charge < -0.3 is 10.1 Å². The molecule has 108 valence electrons. The summed E-state index contributed by atoms with van der Waals surface area (Å²) in [6.45, 7) is 4.15. The summed E-state index contributed by atoms with van der Waals surface area (Å²) in [5.41, 5.74) is 3.17. The monoisotopic (exact) mass is 300 g/mol. The van der Waals surface area contributed by atoms with E-state index in [0.717, 1.165) is 21.8 Å². The Balaban J connectivity index is 2.06. The lowest BCUT2D eigenvalue weighted by Crippen LogP contribution is -2.07. The SMILES string of the molecule is Cc1ccc(NC(C)c2ccc(OCC#N)cc2)c(Cl)c1. The minimum atomic E-state index is 0.0616. The van der Waals surface area contributed by atoms with Crippen LogP contribution in [0.4, 0.5) is 5.69 Å². The largest absolute Gasteiger partial charge is 0.479 e. The zero-order chi connectivity index (χ0) is 15.2. The van der Waals surface area contributed by atoms with Gasteiger partial charge in [-0.3, -0.25) is 0 Å². The van der Waals surface area contributed by atoms with Gasteiger partial charge >= 0.3 is 0 Å². The molecule has 0 saturated heterocycles. The third kappa shape index (κ3) is 4.14. The molecule has 0 aliphatic rings. The van der Waals surface area contributed by atoms with Gasteiger partial charge in [-0.05, 0) is 49.2 Å². The van der Waals surface area contributed by atoms with E-state index in [-0.39, 0.29) is 12.6 Å². The Hall–Kier alpha value is -2.18. The highest BCUT2D eigenvalue weighted by Crippen LogP contribution is 2.27. The van der Waals surface area contributed by atoms with Crippen molar-refractivity contribution in [2.45, 2.75) is 19.9 Å². The van der Waals surface area contributed by atoms with Gasteiger partial charge in [-0.15, -0.1) is 0 Å². The topological polar surface area (TPSA) is 45.0 Å². The minimum Gasteiger partial charge on any atom is -0.479 e. The molecule has 0 heterocycles. The molecule has 3 nitrogen and oxygen atoms in total. The summed E-state index contributed by atoms with van der Waals surface area (Å²) in [6, 6.07) is 15.7. The van der Waals surface area contributed by atoms with Gasteiger partial charge in [-0.1, -0.05) is 29.8 Å². The van der Waals surface area contributed by atoms with Crippen LogP contribution in [0.2, 0.25) is 5.02 Å². The van der Waals surface area contributed by atoms with Gasteiger partial charge in [-0.25, -0.2) is 0 Å². The normalized spacial score (nSPS) is 11.5. The van der Waals surface area contributed by atoms with Crippen molar-refractivity contribution in [1.29, 1.82) is 5.26 Å². The Bertz CT molecular complexity index is 647. The molecule has 0 radical (unpaired) electrons. The van der Waals surface area contributed by atoms with Gasteiger partial charge in [0.05, 0.1) is 10.7 Å². The molecule has 2 aromatic rings. The fourth-order valence-electron chi connectivity index (χ4n) is 2.02. The standard InChI is InChI=1S/C17H17ClN2O/c1-12-3-8-17(16(18)11-12)20-13(2)14-4-6-15(7-5-14)21-10-9-19/h3-8,11,13,20H,10H2,1-2H3. The second kappa shape index (κ2) is 7.01. The maximum Gasteiger partial charge on any atom is 0.174 e. The highest BCUT2D eigenvalue weighted by Gasteiger charge is 2.08. The number of nitrogens with one attached hydrogen (secondary N) is 1. The van der Waals surface area contributed by atoms with Crippen molar-refractivity contribution in [2.75, 3.05) is 11.9 Å². The van der Waals surface area contributed by atoms with Crippen LogP contribution in [0, 0.1) is 18.3 Å². The second-order valence-electron chi connectivity index (χ2n) is 4.87. The summed E-state index contributed by atoms with van der Waals surface area (Å²) in [4.78, 5) is 0. The zero-order valence-corrected chi connectivity index (χ0v) is 12.8. The van der Waals surface area contributed by atoms with Crippen LogP contribution in [-0.2, 0) is 0 Å². The van der Waals surface area contributed by atoms with Gasteiger partial charge in [-0.2, -0.15) is 5.26 Å². The van der Waals surface area contributed by atoms with Crippen LogP contribution >= 0.6 is 11.6 Å². The van der Waals surface area contributed by atoms with Gasteiger partial charge in [0.1, 0.15) is 11.8 Å². The van der Waals surface area contributed by atoms with E-state index in [9.17, 15) is 0 Å². The van der Waals surface area contributed by atoms with E-state index in [4.69, 9.17) is 21.6 Å². The molecule has 0 amide bonds. The van der Waals surface area contributed by atoms with Crippen LogP contribution < -0.4 is 10.1 Å². The molecular weight excluding hydrogens is 284 g/mol. The highest BCUT2D eigenvalue weighted by atomic mass is 35.5. The summed E-state index contributed by atoms with van der Waals surface area (Å²) in [5.74, 6) is 0.695. The molecule has 1 N–H and O–H groups in total. The number of rotatable bonds is 5. The van der Waals surface area contributed by atoms with Gasteiger partial charge in [0.2, 0.25) is 0 Å². The highest BCUT2D eigenvalue weighted by molar-refractivity contribution is 6.33. The van der Waals surface area contributed by atoms with Gasteiger partial charge in [0.15, 0.2) is 6.61 Å². The van der Waals surface area contributed by atoms with E-state index in [2.05, 4.69) is 12.2 Å². The molecule has 0 aromatic heterocycles. The number of nitrogens with zero attached hydrogens (tertiary/aromatic N) is 1. The van der Waals surface area contributed by atoms with Crippen molar-refractivity contribution in [3.63, 3.8) is 0 Å². The molecule has 1 unspecified atom stereocenters. The van der Waals surface area contributed by atoms with Crippen molar-refractivity contribution >= 4 is 17.3 Å². The smallest absolute Gasteiger partial charge is 0.174 e. The Labute approximate surface area is 130 Å². The molecular formula is C17H17ClN2O. The summed E-state index contributed by atoms with van der Waals surface area (Å²) in [7, 11) is 0. The molecule has 0 bridgehead atoms. The molecule has 1 atom stereocenters. The minimum absolute atomic E-state index is 0.0616. The molecule has 0 aliphatic heterocycles.